The van der Waals surface area contributed by atoms with Gasteiger partial charge in [-0.15, -0.1) is 0 Å². The number of nitrogens with one attached hydrogen (secondary N) is 1. The zero-order valence-electron chi connectivity index (χ0n) is 16.4. The SMILES string of the molecule is CC1SC(N)=N[C@](C)(c2cc(Nc3ncnc4cc(F)cnc34)cc(F)c2F)[C@@H]1C. The molecule has 3 N–H and O–H groups in total. The van der Waals surface area contributed by atoms with Gasteiger partial charge in [-0.05, 0) is 18.9 Å². The van der Waals surface area contributed by atoms with Gasteiger partial charge in [0.25, 0.3) is 0 Å². The Kier molecular flexibility index (Phi) is 5.05. The number of benzene rings is 1. The number of nitrogens with zero attached hydrogens (tertiary/aromatic N) is 4. The Morgan fingerprint density at radius 3 is 2.63 bits per heavy atom. The first-order chi connectivity index (χ1) is 14.2. The second-order valence-corrected chi connectivity index (χ2v) is 8.79. The molecule has 3 heterocycles. The highest BCUT2D eigenvalue weighted by atomic mass is 32.2. The predicted octanol–water partition coefficient (Wildman–Crippen LogP) is 4.49. The lowest BCUT2D eigenvalue weighted by Gasteiger charge is -2.40. The molecule has 0 aliphatic carbocycles. The first kappa shape index (κ1) is 20.4. The molecule has 30 heavy (non-hydrogen) atoms. The number of anilines is 2. The smallest absolute Gasteiger partial charge is 0.164 e. The van der Waals surface area contributed by atoms with Crippen molar-refractivity contribution in [3.05, 3.63) is 53.7 Å². The van der Waals surface area contributed by atoms with E-state index < -0.39 is 23.0 Å². The van der Waals surface area contributed by atoms with Crippen molar-refractivity contribution in [2.24, 2.45) is 16.6 Å². The third-order valence-electron chi connectivity index (χ3n) is 5.52. The van der Waals surface area contributed by atoms with Crippen molar-refractivity contribution < 1.29 is 13.2 Å². The summed E-state index contributed by atoms with van der Waals surface area (Å²) in [5.74, 6) is -2.41. The lowest BCUT2D eigenvalue weighted by Crippen LogP contribution is -2.41. The molecule has 0 amide bonds. The van der Waals surface area contributed by atoms with E-state index in [4.69, 9.17) is 5.73 Å². The molecule has 0 fully saturated rings. The number of fused-ring (bicyclic) bond motifs is 1. The van der Waals surface area contributed by atoms with Crippen LogP contribution < -0.4 is 11.1 Å². The quantitative estimate of drug-likeness (QED) is 0.634. The summed E-state index contributed by atoms with van der Waals surface area (Å²) in [6.45, 7) is 5.65. The minimum atomic E-state index is -1.05. The predicted molar refractivity (Wildman–Crippen MR) is 112 cm³/mol. The fraction of sp³-hybridized carbons (Fsp3) is 0.300. The third-order valence-corrected chi connectivity index (χ3v) is 6.63. The van der Waals surface area contributed by atoms with E-state index in [2.05, 4.69) is 25.3 Å². The Bertz CT molecular complexity index is 1170. The Balaban J connectivity index is 1.81. The van der Waals surface area contributed by atoms with Crippen LogP contribution in [0.15, 0.2) is 35.7 Å². The zero-order chi connectivity index (χ0) is 21.6. The van der Waals surface area contributed by atoms with E-state index in [0.717, 1.165) is 12.3 Å². The molecule has 3 atom stereocenters. The first-order valence-electron chi connectivity index (χ1n) is 9.24. The molecule has 1 unspecified atom stereocenters. The van der Waals surface area contributed by atoms with Crippen LogP contribution in [-0.4, -0.2) is 25.4 Å². The topological polar surface area (TPSA) is 89.1 Å². The molecule has 1 aliphatic rings. The molecule has 0 spiro atoms. The van der Waals surface area contributed by atoms with Gasteiger partial charge in [0.15, 0.2) is 22.6 Å². The van der Waals surface area contributed by atoms with Crippen molar-refractivity contribution in [1.29, 1.82) is 0 Å². The molecule has 0 saturated heterocycles. The molecular weight excluding hydrogens is 413 g/mol. The number of thioether (sulfide) groups is 1. The second kappa shape index (κ2) is 7.42. The summed E-state index contributed by atoms with van der Waals surface area (Å²) in [4.78, 5) is 16.6. The monoisotopic (exact) mass is 432 g/mol. The fourth-order valence-corrected chi connectivity index (χ4v) is 4.68. The van der Waals surface area contributed by atoms with Crippen LogP contribution in [0.25, 0.3) is 11.0 Å². The molecule has 3 aromatic rings. The van der Waals surface area contributed by atoms with Gasteiger partial charge in [-0.25, -0.2) is 28.1 Å². The summed E-state index contributed by atoms with van der Waals surface area (Å²) in [7, 11) is 0. The van der Waals surface area contributed by atoms with Crippen molar-refractivity contribution in [2.75, 3.05) is 5.32 Å². The molecule has 0 radical (unpaired) electrons. The van der Waals surface area contributed by atoms with E-state index in [1.807, 2.05) is 13.8 Å². The lowest BCUT2D eigenvalue weighted by atomic mass is 9.78. The number of hydrogen-bond donors (Lipinski definition) is 2. The van der Waals surface area contributed by atoms with E-state index in [1.165, 1.54) is 30.2 Å². The van der Waals surface area contributed by atoms with E-state index in [0.29, 0.717) is 10.7 Å². The highest BCUT2D eigenvalue weighted by molar-refractivity contribution is 8.14. The molecule has 156 valence electrons. The number of rotatable bonds is 3. The maximum Gasteiger partial charge on any atom is 0.164 e. The van der Waals surface area contributed by atoms with Gasteiger partial charge in [0.1, 0.15) is 17.7 Å². The van der Waals surface area contributed by atoms with Gasteiger partial charge in [0.05, 0.1) is 17.3 Å². The number of halogens is 3. The molecule has 4 rings (SSSR count). The number of pyridine rings is 1. The van der Waals surface area contributed by atoms with Crippen LogP contribution in [0.5, 0.6) is 0 Å². The number of nitrogens with two attached hydrogens (primary N) is 1. The van der Waals surface area contributed by atoms with Crippen molar-refractivity contribution in [3.8, 4) is 0 Å². The average Bonchev–Trinajstić information content (AvgIpc) is 2.68. The van der Waals surface area contributed by atoms with E-state index in [-0.39, 0.29) is 33.8 Å². The fourth-order valence-electron chi connectivity index (χ4n) is 3.59. The van der Waals surface area contributed by atoms with Crippen LogP contribution in [0.4, 0.5) is 24.7 Å². The maximum absolute atomic E-state index is 14.9. The van der Waals surface area contributed by atoms with Crippen LogP contribution in [-0.2, 0) is 5.54 Å². The van der Waals surface area contributed by atoms with Crippen LogP contribution in [0.1, 0.15) is 26.3 Å². The Hall–Kier alpha value is -2.88. The summed E-state index contributed by atoms with van der Waals surface area (Å²) < 4.78 is 42.9. The lowest BCUT2D eigenvalue weighted by molar-refractivity contribution is 0.308. The normalized spacial score (nSPS) is 24.0. The molecule has 1 aliphatic heterocycles. The molecule has 6 nitrogen and oxygen atoms in total. The zero-order valence-corrected chi connectivity index (χ0v) is 17.3. The van der Waals surface area contributed by atoms with E-state index in [1.54, 1.807) is 6.92 Å². The van der Waals surface area contributed by atoms with Gasteiger partial charge in [-0.1, -0.05) is 25.6 Å². The Morgan fingerprint density at radius 2 is 1.87 bits per heavy atom. The summed E-state index contributed by atoms with van der Waals surface area (Å²) in [6, 6.07) is 3.73. The highest BCUT2D eigenvalue weighted by Crippen LogP contribution is 2.45. The average molecular weight is 432 g/mol. The van der Waals surface area contributed by atoms with Gasteiger partial charge < -0.3 is 11.1 Å². The summed E-state index contributed by atoms with van der Waals surface area (Å²) in [6.07, 6.45) is 2.27. The van der Waals surface area contributed by atoms with Gasteiger partial charge in [0.2, 0.25) is 0 Å². The minimum absolute atomic E-state index is 0.0662. The van der Waals surface area contributed by atoms with Crippen molar-refractivity contribution in [1.82, 2.24) is 15.0 Å². The first-order valence-corrected chi connectivity index (χ1v) is 10.1. The van der Waals surface area contributed by atoms with Crippen molar-refractivity contribution in [3.63, 3.8) is 0 Å². The number of aromatic nitrogens is 3. The minimum Gasteiger partial charge on any atom is -0.379 e. The summed E-state index contributed by atoms with van der Waals surface area (Å²) >= 11 is 1.41. The summed E-state index contributed by atoms with van der Waals surface area (Å²) in [5, 5.41) is 3.33. The molecule has 10 heteroatoms. The molecule has 2 aromatic heterocycles. The number of aliphatic imine (C=N–C) groups is 1. The van der Waals surface area contributed by atoms with Crippen LogP contribution >= 0.6 is 11.8 Å². The maximum atomic E-state index is 14.9. The Labute approximate surface area is 175 Å². The summed E-state index contributed by atoms with van der Waals surface area (Å²) in [5.41, 5.74) is 5.83. The second-order valence-electron chi connectivity index (χ2n) is 7.40. The van der Waals surface area contributed by atoms with Crippen LogP contribution in [0.2, 0.25) is 0 Å². The molecule has 1 aromatic carbocycles. The van der Waals surface area contributed by atoms with Crippen LogP contribution in [0, 0.1) is 23.4 Å². The molecule has 0 bridgehead atoms. The van der Waals surface area contributed by atoms with Crippen molar-refractivity contribution in [2.45, 2.75) is 31.6 Å². The van der Waals surface area contributed by atoms with E-state index in [9.17, 15) is 13.2 Å². The number of amidine groups is 1. The van der Waals surface area contributed by atoms with Gasteiger partial charge in [-0.3, -0.25) is 4.99 Å². The van der Waals surface area contributed by atoms with Gasteiger partial charge >= 0.3 is 0 Å². The molecular formula is C20H19F3N6S. The van der Waals surface area contributed by atoms with Crippen molar-refractivity contribution >= 4 is 39.5 Å². The third kappa shape index (κ3) is 3.45. The highest BCUT2D eigenvalue weighted by Gasteiger charge is 2.42. The van der Waals surface area contributed by atoms with E-state index >= 15 is 0 Å². The standard InChI is InChI=1S/C20H19F3N6S/c1-9-10(2)30-19(24)29-20(9,3)13-5-12(6-14(22)16(13)23)28-18-17-15(26-8-27-18)4-11(21)7-25-17/h4-10H,1-3H3,(H2,24,29)(H,26,27,28)/t9-,10?,20+/m1/s1. The largest absolute Gasteiger partial charge is 0.379 e. The van der Waals surface area contributed by atoms with Crippen LogP contribution in [0.3, 0.4) is 0 Å². The van der Waals surface area contributed by atoms with Gasteiger partial charge in [0, 0.05) is 28.6 Å². The Morgan fingerprint density at radius 1 is 1.10 bits per heavy atom. The van der Waals surface area contributed by atoms with Gasteiger partial charge in [-0.2, -0.15) is 0 Å². The number of hydrogen-bond acceptors (Lipinski definition) is 7. The molecule has 0 saturated carbocycles.